The SMILES string of the molecule is Cc1c(/C=C/C2CC[NH2+]CC2)ccc2c1COC2=O. The minimum Gasteiger partial charge on any atom is -0.457 e. The van der Waals surface area contributed by atoms with Gasteiger partial charge in [0, 0.05) is 18.4 Å². The van der Waals surface area contributed by atoms with Gasteiger partial charge in [0.1, 0.15) is 6.61 Å². The van der Waals surface area contributed by atoms with Gasteiger partial charge in [-0.25, -0.2) is 4.79 Å². The molecule has 0 atom stereocenters. The minimum absolute atomic E-state index is 0.184. The number of nitrogens with two attached hydrogens (primary N) is 1. The van der Waals surface area contributed by atoms with Gasteiger partial charge < -0.3 is 10.1 Å². The zero-order valence-electron chi connectivity index (χ0n) is 11.3. The van der Waals surface area contributed by atoms with Gasteiger partial charge in [-0.1, -0.05) is 18.2 Å². The number of esters is 1. The molecule has 0 aromatic heterocycles. The second kappa shape index (κ2) is 5.17. The predicted octanol–water partition coefficient (Wildman–Crippen LogP) is 1.65. The van der Waals surface area contributed by atoms with E-state index in [0.717, 1.165) is 11.1 Å². The molecule has 1 aromatic carbocycles. The fourth-order valence-electron chi connectivity index (χ4n) is 2.93. The second-order valence-corrected chi connectivity index (χ2v) is 5.44. The van der Waals surface area contributed by atoms with Crippen LogP contribution in [-0.2, 0) is 11.3 Å². The molecule has 19 heavy (non-hydrogen) atoms. The van der Waals surface area contributed by atoms with Gasteiger partial charge in [-0.3, -0.25) is 0 Å². The Morgan fingerprint density at radius 1 is 1.32 bits per heavy atom. The first-order valence-corrected chi connectivity index (χ1v) is 7.05. The second-order valence-electron chi connectivity index (χ2n) is 5.44. The number of piperidine rings is 1. The fraction of sp³-hybridized carbons (Fsp3) is 0.438. The summed E-state index contributed by atoms with van der Waals surface area (Å²) in [5, 5.41) is 2.38. The van der Waals surface area contributed by atoms with E-state index in [1.165, 1.54) is 37.1 Å². The Morgan fingerprint density at radius 3 is 2.89 bits per heavy atom. The maximum absolute atomic E-state index is 11.5. The number of carbonyl (C=O) groups is 1. The number of hydrogen-bond donors (Lipinski definition) is 1. The van der Waals surface area contributed by atoms with Gasteiger partial charge in [-0.05, 0) is 30.0 Å². The Morgan fingerprint density at radius 2 is 2.11 bits per heavy atom. The smallest absolute Gasteiger partial charge is 0.338 e. The van der Waals surface area contributed by atoms with E-state index in [4.69, 9.17) is 4.74 Å². The Bertz CT molecular complexity index is 528. The number of rotatable bonds is 2. The van der Waals surface area contributed by atoms with Gasteiger partial charge in [-0.15, -0.1) is 0 Å². The van der Waals surface area contributed by atoms with Crippen LogP contribution in [0.4, 0.5) is 0 Å². The lowest BCUT2D eigenvalue weighted by molar-refractivity contribution is -0.664. The molecule has 0 saturated carbocycles. The molecule has 2 aliphatic rings. The average Bonchev–Trinajstić information content (AvgIpc) is 2.82. The van der Waals surface area contributed by atoms with E-state index in [1.807, 2.05) is 12.1 Å². The van der Waals surface area contributed by atoms with E-state index < -0.39 is 0 Å². The van der Waals surface area contributed by atoms with Gasteiger partial charge in [0.15, 0.2) is 0 Å². The molecule has 2 aliphatic heterocycles. The summed E-state index contributed by atoms with van der Waals surface area (Å²) in [6, 6.07) is 3.93. The summed E-state index contributed by atoms with van der Waals surface area (Å²) >= 11 is 0. The molecular formula is C16H20NO2+. The molecule has 1 fully saturated rings. The van der Waals surface area contributed by atoms with Crippen molar-refractivity contribution in [3.05, 3.63) is 40.5 Å². The van der Waals surface area contributed by atoms with Crippen molar-refractivity contribution in [3.8, 4) is 0 Å². The van der Waals surface area contributed by atoms with Crippen LogP contribution >= 0.6 is 0 Å². The van der Waals surface area contributed by atoms with Crippen molar-refractivity contribution in [1.82, 2.24) is 0 Å². The minimum atomic E-state index is -0.184. The van der Waals surface area contributed by atoms with Gasteiger partial charge in [0.05, 0.1) is 18.7 Å². The first kappa shape index (κ1) is 12.4. The van der Waals surface area contributed by atoms with Crippen LogP contribution in [0.15, 0.2) is 18.2 Å². The highest BCUT2D eigenvalue weighted by atomic mass is 16.5. The molecule has 0 amide bonds. The lowest BCUT2D eigenvalue weighted by Gasteiger charge is -2.16. The lowest BCUT2D eigenvalue weighted by Crippen LogP contribution is -2.86. The van der Waals surface area contributed by atoms with Crippen LogP contribution in [0.25, 0.3) is 6.08 Å². The van der Waals surface area contributed by atoms with E-state index in [-0.39, 0.29) is 5.97 Å². The molecular weight excluding hydrogens is 238 g/mol. The molecule has 2 N–H and O–H groups in total. The maximum atomic E-state index is 11.5. The van der Waals surface area contributed by atoms with Gasteiger partial charge in [-0.2, -0.15) is 0 Å². The van der Waals surface area contributed by atoms with Crippen LogP contribution in [-0.4, -0.2) is 19.1 Å². The molecule has 3 rings (SSSR count). The number of quaternary nitrogens is 1. The Kier molecular flexibility index (Phi) is 3.38. The number of allylic oxidation sites excluding steroid dienone is 1. The van der Waals surface area contributed by atoms with E-state index in [1.54, 1.807) is 0 Å². The van der Waals surface area contributed by atoms with Crippen LogP contribution in [0.3, 0.4) is 0 Å². The van der Waals surface area contributed by atoms with Crippen molar-refractivity contribution in [2.45, 2.75) is 26.4 Å². The summed E-state index contributed by atoms with van der Waals surface area (Å²) < 4.78 is 5.09. The summed E-state index contributed by atoms with van der Waals surface area (Å²) in [5.41, 5.74) is 4.19. The first-order chi connectivity index (χ1) is 9.25. The molecule has 0 aliphatic carbocycles. The molecule has 100 valence electrons. The first-order valence-electron chi connectivity index (χ1n) is 7.05. The normalized spacial score (nSPS) is 19.7. The third-order valence-electron chi connectivity index (χ3n) is 4.24. The number of benzene rings is 1. The van der Waals surface area contributed by atoms with Crippen molar-refractivity contribution >= 4 is 12.0 Å². The molecule has 3 heteroatoms. The monoisotopic (exact) mass is 258 g/mol. The standard InChI is InChI=1S/C16H19NO2/c1-11-13(3-2-12-6-8-17-9-7-12)4-5-14-15(11)10-19-16(14)18/h2-5,12,17H,6-10H2,1H3/p+1/b3-2+. The van der Waals surface area contributed by atoms with E-state index in [2.05, 4.69) is 24.4 Å². The highest BCUT2D eigenvalue weighted by Crippen LogP contribution is 2.27. The van der Waals surface area contributed by atoms with Crippen molar-refractivity contribution in [2.75, 3.05) is 13.1 Å². The molecule has 1 saturated heterocycles. The Balaban J connectivity index is 1.82. The highest BCUT2D eigenvalue weighted by Gasteiger charge is 2.23. The van der Waals surface area contributed by atoms with Crippen LogP contribution < -0.4 is 5.32 Å². The van der Waals surface area contributed by atoms with Crippen LogP contribution in [0, 0.1) is 12.8 Å². The number of carbonyl (C=O) groups excluding carboxylic acids is 1. The summed E-state index contributed by atoms with van der Waals surface area (Å²) in [7, 11) is 0. The van der Waals surface area contributed by atoms with Crippen molar-refractivity contribution in [2.24, 2.45) is 5.92 Å². The number of hydrogen-bond acceptors (Lipinski definition) is 2. The summed E-state index contributed by atoms with van der Waals surface area (Å²) in [4.78, 5) is 11.5. The van der Waals surface area contributed by atoms with E-state index in [0.29, 0.717) is 12.5 Å². The van der Waals surface area contributed by atoms with Gasteiger partial charge in [0.2, 0.25) is 0 Å². The highest BCUT2D eigenvalue weighted by molar-refractivity contribution is 5.94. The number of fused-ring (bicyclic) bond motifs is 1. The maximum Gasteiger partial charge on any atom is 0.338 e. The Hall–Kier alpha value is -1.61. The fourth-order valence-corrected chi connectivity index (χ4v) is 2.93. The zero-order valence-corrected chi connectivity index (χ0v) is 11.3. The average molecular weight is 258 g/mol. The van der Waals surface area contributed by atoms with E-state index >= 15 is 0 Å². The van der Waals surface area contributed by atoms with Crippen molar-refractivity contribution in [3.63, 3.8) is 0 Å². The van der Waals surface area contributed by atoms with Gasteiger partial charge in [0.25, 0.3) is 0 Å². The van der Waals surface area contributed by atoms with E-state index in [9.17, 15) is 4.79 Å². The van der Waals surface area contributed by atoms with Gasteiger partial charge >= 0.3 is 5.97 Å². The van der Waals surface area contributed by atoms with Crippen LogP contribution in [0.2, 0.25) is 0 Å². The quantitative estimate of drug-likeness (QED) is 0.820. The summed E-state index contributed by atoms with van der Waals surface area (Å²) in [6.07, 6.45) is 7.08. The topological polar surface area (TPSA) is 42.9 Å². The van der Waals surface area contributed by atoms with Crippen LogP contribution in [0.1, 0.15) is 39.9 Å². The predicted molar refractivity (Wildman–Crippen MR) is 73.7 cm³/mol. The molecule has 0 radical (unpaired) electrons. The molecule has 1 aromatic rings. The largest absolute Gasteiger partial charge is 0.457 e. The number of ether oxygens (including phenoxy) is 1. The lowest BCUT2D eigenvalue weighted by atomic mass is 9.94. The van der Waals surface area contributed by atoms with Crippen molar-refractivity contribution < 1.29 is 14.8 Å². The van der Waals surface area contributed by atoms with Crippen LogP contribution in [0.5, 0.6) is 0 Å². The van der Waals surface area contributed by atoms with Crippen molar-refractivity contribution in [1.29, 1.82) is 0 Å². The molecule has 0 spiro atoms. The summed E-state index contributed by atoms with van der Waals surface area (Å²) in [5.74, 6) is 0.520. The third kappa shape index (κ3) is 2.43. The molecule has 2 heterocycles. The summed E-state index contributed by atoms with van der Waals surface area (Å²) in [6.45, 7) is 4.98. The molecule has 0 unspecified atom stereocenters. The number of cyclic esters (lactones) is 1. The zero-order chi connectivity index (χ0) is 13.2. The third-order valence-corrected chi connectivity index (χ3v) is 4.24. The molecule has 0 bridgehead atoms. The Labute approximate surface area is 113 Å². The molecule has 3 nitrogen and oxygen atoms in total.